The fourth-order valence-electron chi connectivity index (χ4n) is 8.80. The molecule has 0 aliphatic heterocycles. The van der Waals surface area contributed by atoms with Crippen molar-refractivity contribution in [2.24, 2.45) is 62.8 Å². The van der Waals surface area contributed by atoms with Crippen molar-refractivity contribution in [1.29, 1.82) is 0 Å². The Morgan fingerprint density at radius 2 is 1.87 bits per heavy atom. The number of aliphatic imine (C=N–C) groups is 1. The summed E-state index contributed by atoms with van der Waals surface area (Å²) in [5.41, 5.74) is 12.1. The molecule has 4 rings (SSSR count). The van der Waals surface area contributed by atoms with E-state index in [4.69, 9.17) is 11.5 Å². The maximum Gasteiger partial charge on any atom is 0.303 e. The van der Waals surface area contributed by atoms with Gasteiger partial charge in [0.15, 0.2) is 5.96 Å². The molecule has 0 spiro atoms. The van der Waals surface area contributed by atoms with E-state index >= 15 is 0 Å². The van der Waals surface area contributed by atoms with E-state index in [2.05, 4.69) is 18.8 Å². The second-order valence-corrected chi connectivity index (χ2v) is 11.8. The second-order valence-electron chi connectivity index (χ2n) is 11.8. The Morgan fingerprint density at radius 1 is 1.07 bits per heavy atom. The van der Waals surface area contributed by atoms with Crippen LogP contribution in [0, 0.1) is 46.3 Å². The maximum absolute atomic E-state index is 11.4. The highest BCUT2D eigenvalue weighted by atomic mass is 16.4. The van der Waals surface area contributed by atoms with Gasteiger partial charge < -0.3 is 16.6 Å². The zero-order valence-electron chi connectivity index (χ0n) is 19.1. The minimum Gasteiger partial charge on any atom is -0.481 e. The number of fused-ring (bicyclic) bond motifs is 5. The minimum atomic E-state index is -0.620. The normalized spacial score (nSPS) is 45.1. The monoisotopic (exact) mass is 417 g/mol. The zero-order valence-corrected chi connectivity index (χ0v) is 19.1. The number of rotatable bonds is 6. The molecule has 30 heavy (non-hydrogen) atoms. The summed E-state index contributed by atoms with van der Waals surface area (Å²) in [4.78, 5) is 15.6. The summed E-state index contributed by atoms with van der Waals surface area (Å²) in [5.74, 6) is 3.97. The van der Waals surface area contributed by atoms with Gasteiger partial charge in [-0.25, -0.2) is 0 Å². The molecular formula is C25H43N3O2. The first-order valence-corrected chi connectivity index (χ1v) is 12.5. The molecule has 170 valence electrons. The SMILES string of the molecule is C[C@@]12CCCC1C1C(CC2)[C@@]2(C)CC[C@H](CC(=O)O)CC2C[C@@H]1CCCN=C(N)N. The molecule has 4 fully saturated rings. The lowest BCUT2D eigenvalue weighted by Gasteiger charge is -2.63. The number of aliphatic carboxylic acids is 1. The number of nitrogens with two attached hydrogens (primary N) is 2. The van der Waals surface area contributed by atoms with Crippen LogP contribution < -0.4 is 11.5 Å². The molecule has 0 bridgehead atoms. The van der Waals surface area contributed by atoms with Crippen molar-refractivity contribution in [3.63, 3.8) is 0 Å². The molecule has 4 saturated carbocycles. The van der Waals surface area contributed by atoms with Crippen LogP contribution in [0.4, 0.5) is 0 Å². The van der Waals surface area contributed by atoms with Gasteiger partial charge in [-0.15, -0.1) is 0 Å². The van der Waals surface area contributed by atoms with Crippen LogP contribution in [-0.4, -0.2) is 23.6 Å². The van der Waals surface area contributed by atoms with Gasteiger partial charge in [-0.1, -0.05) is 20.3 Å². The fourth-order valence-corrected chi connectivity index (χ4v) is 8.80. The van der Waals surface area contributed by atoms with E-state index in [1.54, 1.807) is 0 Å². The summed E-state index contributed by atoms with van der Waals surface area (Å²) >= 11 is 0. The molecule has 5 nitrogen and oxygen atoms in total. The lowest BCUT2D eigenvalue weighted by molar-refractivity contribution is -0.148. The van der Waals surface area contributed by atoms with Gasteiger partial charge in [-0.3, -0.25) is 9.79 Å². The summed E-state index contributed by atoms with van der Waals surface area (Å²) in [6, 6.07) is 0. The average Bonchev–Trinajstić information content (AvgIpc) is 3.07. The van der Waals surface area contributed by atoms with Crippen molar-refractivity contribution >= 4 is 11.9 Å². The molecule has 0 saturated heterocycles. The molecule has 4 aliphatic carbocycles. The van der Waals surface area contributed by atoms with Crippen LogP contribution in [0.25, 0.3) is 0 Å². The Labute approximate surface area is 182 Å². The summed E-state index contributed by atoms with van der Waals surface area (Å²) in [6.07, 6.45) is 14.5. The predicted molar refractivity (Wildman–Crippen MR) is 121 cm³/mol. The fraction of sp³-hybridized carbons (Fsp3) is 0.920. The largest absolute Gasteiger partial charge is 0.481 e. The van der Waals surface area contributed by atoms with E-state index in [-0.39, 0.29) is 5.96 Å². The standard InChI is InChI=1S/C25H43N3O2/c1-24-9-3-6-19(24)22-17(5-4-12-28-23(26)27)15-18-13-16(14-21(29)30)7-11-25(18,2)20(22)8-10-24/h16-20,22H,3-15H2,1-2H3,(H,29,30)(H4,26,27,28)/t16-,17-,18?,19?,20?,22?,24-,25-/m0/s1. The van der Waals surface area contributed by atoms with Gasteiger partial charge in [0.05, 0.1) is 0 Å². The summed E-state index contributed by atoms with van der Waals surface area (Å²) in [6.45, 7) is 5.90. The van der Waals surface area contributed by atoms with E-state index < -0.39 is 5.97 Å². The molecule has 8 atom stereocenters. The molecule has 0 aromatic heterocycles. The van der Waals surface area contributed by atoms with Crippen LogP contribution in [0.15, 0.2) is 4.99 Å². The number of carbonyl (C=O) groups is 1. The Morgan fingerprint density at radius 3 is 2.60 bits per heavy atom. The quantitative estimate of drug-likeness (QED) is 0.328. The van der Waals surface area contributed by atoms with Gasteiger partial charge >= 0.3 is 5.97 Å². The van der Waals surface area contributed by atoms with Crippen LogP contribution in [0.1, 0.15) is 90.9 Å². The highest BCUT2D eigenvalue weighted by Gasteiger charge is 2.60. The van der Waals surface area contributed by atoms with Gasteiger partial charge in [-0.2, -0.15) is 0 Å². The van der Waals surface area contributed by atoms with Crippen molar-refractivity contribution in [1.82, 2.24) is 0 Å². The topological polar surface area (TPSA) is 102 Å². The van der Waals surface area contributed by atoms with Gasteiger partial charge in [0, 0.05) is 13.0 Å². The lowest BCUT2D eigenvalue weighted by atomic mass is 9.42. The first-order chi connectivity index (χ1) is 14.2. The third-order valence-corrected chi connectivity index (χ3v) is 10.2. The van der Waals surface area contributed by atoms with Gasteiger partial charge in [0.1, 0.15) is 0 Å². The highest BCUT2D eigenvalue weighted by molar-refractivity contribution is 5.75. The Bertz CT molecular complexity index is 675. The minimum absolute atomic E-state index is 0.203. The molecule has 0 amide bonds. The number of hydrogen-bond acceptors (Lipinski definition) is 2. The highest BCUT2D eigenvalue weighted by Crippen LogP contribution is 2.68. The smallest absolute Gasteiger partial charge is 0.303 e. The molecule has 0 aromatic rings. The summed E-state index contributed by atoms with van der Waals surface area (Å²) < 4.78 is 0. The van der Waals surface area contributed by atoms with Crippen LogP contribution in [-0.2, 0) is 4.79 Å². The number of guanidine groups is 1. The van der Waals surface area contributed by atoms with Crippen LogP contribution in [0.2, 0.25) is 0 Å². The average molecular weight is 418 g/mol. The van der Waals surface area contributed by atoms with Crippen molar-refractivity contribution < 1.29 is 9.90 Å². The van der Waals surface area contributed by atoms with Crippen LogP contribution in [0.5, 0.6) is 0 Å². The van der Waals surface area contributed by atoms with Gasteiger partial charge in [-0.05, 0) is 111 Å². The molecule has 4 unspecified atom stereocenters. The molecule has 5 N–H and O–H groups in total. The number of nitrogens with zero attached hydrogens (tertiary/aromatic N) is 1. The third kappa shape index (κ3) is 3.98. The number of hydrogen-bond donors (Lipinski definition) is 3. The van der Waals surface area contributed by atoms with E-state index in [0.717, 1.165) is 49.5 Å². The Kier molecular flexibility index (Phi) is 6.11. The number of carboxylic acid groups (broad SMARTS) is 1. The molecule has 0 aromatic carbocycles. The molecular weight excluding hydrogens is 374 g/mol. The Balaban J connectivity index is 1.56. The van der Waals surface area contributed by atoms with E-state index in [1.807, 2.05) is 0 Å². The van der Waals surface area contributed by atoms with Crippen LogP contribution >= 0.6 is 0 Å². The second kappa shape index (κ2) is 8.35. The van der Waals surface area contributed by atoms with Gasteiger partial charge in [0.25, 0.3) is 0 Å². The van der Waals surface area contributed by atoms with Crippen molar-refractivity contribution in [2.45, 2.75) is 90.9 Å². The zero-order chi connectivity index (χ0) is 21.5. The first kappa shape index (κ1) is 22.0. The van der Waals surface area contributed by atoms with E-state index in [1.165, 1.54) is 51.4 Å². The third-order valence-electron chi connectivity index (χ3n) is 10.2. The lowest BCUT2D eigenvalue weighted by Crippen LogP contribution is -2.55. The molecule has 0 heterocycles. The maximum atomic E-state index is 11.4. The summed E-state index contributed by atoms with van der Waals surface area (Å²) in [5, 5.41) is 9.35. The van der Waals surface area contributed by atoms with E-state index in [9.17, 15) is 9.90 Å². The molecule has 4 aliphatic rings. The Hall–Kier alpha value is -1.26. The van der Waals surface area contributed by atoms with E-state index in [0.29, 0.717) is 29.1 Å². The summed E-state index contributed by atoms with van der Waals surface area (Å²) in [7, 11) is 0. The molecule has 0 radical (unpaired) electrons. The van der Waals surface area contributed by atoms with Crippen molar-refractivity contribution in [2.75, 3.05) is 6.54 Å². The van der Waals surface area contributed by atoms with Crippen molar-refractivity contribution in [3.8, 4) is 0 Å². The molecule has 5 heteroatoms. The predicted octanol–water partition coefficient (Wildman–Crippen LogP) is 4.79. The van der Waals surface area contributed by atoms with Crippen LogP contribution in [0.3, 0.4) is 0 Å². The van der Waals surface area contributed by atoms with Crippen molar-refractivity contribution in [3.05, 3.63) is 0 Å². The number of carboxylic acids is 1. The first-order valence-electron chi connectivity index (χ1n) is 12.5. The van der Waals surface area contributed by atoms with Gasteiger partial charge in [0.2, 0.25) is 0 Å².